The van der Waals surface area contributed by atoms with E-state index in [1.54, 1.807) is 0 Å². The van der Waals surface area contributed by atoms with E-state index >= 15 is 0 Å². The Morgan fingerprint density at radius 3 is 2.19 bits per heavy atom. The first kappa shape index (κ1) is 13.8. The average molecular weight is 260 g/mol. The van der Waals surface area contributed by atoms with Gasteiger partial charge in [-0.25, -0.2) is 0 Å². The molecule has 0 aromatic heterocycles. The van der Waals surface area contributed by atoms with E-state index in [2.05, 4.69) is 26.1 Å². The van der Waals surface area contributed by atoms with Gasteiger partial charge in [0.1, 0.15) is 0 Å². The number of halogens is 2. The van der Waals surface area contributed by atoms with E-state index in [1.807, 2.05) is 18.2 Å². The molecule has 0 saturated heterocycles. The molecule has 0 aliphatic rings. The van der Waals surface area contributed by atoms with Gasteiger partial charge in [0.2, 0.25) is 0 Å². The van der Waals surface area contributed by atoms with Gasteiger partial charge in [-0.05, 0) is 30.5 Å². The molecule has 0 spiro atoms. The van der Waals surface area contributed by atoms with Crippen LogP contribution in [-0.2, 0) is 6.54 Å². The van der Waals surface area contributed by atoms with E-state index < -0.39 is 0 Å². The van der Waals surface area contributed by atoms with Crippen LogP contribution in [0.2, 0.25) is 10.0 Å². The van der Waals surface area contributed by atoms with Crippen molar-refractivity contribution in [2.24, 2.45) is 11.8 Å². The standard InChI is InChI=1S/C13H19Cl2N/c1-9(2)10(3)7-16-8-11-12(14)5-4-6-13(11)15/h4-6,9-10,16H,7-8H2,1-3H3. The van der Waals surface area contributed by atoms with Crippen LogP contribution in [0, 0.1) is 11.8 Å². The predicted octanol–water partition coefficient (Wildman–Crippen LogP) is 4.38. The van der Waals surface area contributed by atoms with Crippen molar-refractivity contribution in [2.75, 3.05) is 6.54 Å². The molecule has 3 heteroatoms. The first-order chi connectivity index (χ1) is 7.52. The van der Waals surface area contributed by atoms with Crippen molar-refractivity contribution in [3.8, 4) is 0 Å². The molecule has 0 amide bonds. The first-order valence-corrected chi connectivity index (χ1v) is 6.41. The summed E-state index contributed by atoms with van der Waals surface area (Å²) in [5.41, 5.74) is 0.988. The van der Waals surface area contributed by atoms with Crippen molar-refractivity contribution >= 4 is 23.2 Å². The molecule has 90 valence electrons. The average Bonchev–Trinajstić information content (AvgIpc) is 2.22. The zero-order valence-corrected chi connectivity index (χ0v) is 11.6. The lowest BCUT2D eigenvalue weighted by Crippen LogP contribution is -2.24. The smallest absolute Gasteiger partial charge is 0.0465 e. The van der Waals surface area contributed by atoms with Gasteiger partial charge < -0.3 is 5.32 Å². The van der Waals surface area contributed by atoms with Gasteiger partial charge in [0, 0.05) is 22.2 Å². The molecule has 1 nitrogen and oxygen atoms in total. The highest BCUT2D eigenvalue weighted by Crippen LogP contribution is 2.23. The summed E-state index contributed by atoms with van der Waals surface area (Å²) in [6.45, 7) is 8.42. The molecule has 1 aromatic rings. The van der Waals surface area contributed by atoms with Crippen LogP contribution in [0.25, 0.3) is 0 Å². The fourth-order valence-corrected chi connectivity index (χ4v) is 1.89. The number of hydrogen-bond donors (Lipinski definition) is 1. The minimum atomic E-state index is 0.654. The molecular formula is C13H19Cl2N. The summed E-state index contributed by atoms with van der Waals surface area (Å²) in [5.74, 6) is 1.34. The zero-order chi connectivity index (χ0) is 12.1. The lowest BCUT2D eigenvalue weighted by molar-refractivity contribution is 0.392. The molecule has 0 fully saturated rings. The Labute approximate surface area is 108 Å². The highest BCUT2D eigenvalue weighted by Gasteiger charge is 2.08. The third-order valence-electron chi connectivity index (χ3n) is 2.97. The second kappa shape index (κ2) is 6.48. The molecule has 0 heterocycles. The Morgan fingerprint density at radius 2 is 1.69 bits per heavy atom. The molecule has 1 unspecified atom stereocenters. The molecule has 16 heavy (non-hydrogen) atoms. The van der Waals surface area contributed by atoms with Gasteiger partial charge in [0.25, 0.3) is 0 Å². The summed E-state index contributed by atoms with van der Waals surface area (Å²) in [6, 6.07) is 5.61. The molecule has 0 bridgehead atoms. The van der Waals surface area contributed by atoms with Gasteiger partial charge in [-0.3, -0.25) is 0 Å². The maximum Gasteiger partial charge on any atom is 0.0465 e. The third kappa shape index (κ3) is 3.97. The van der Waals surface area contributed by atoms with E-state index in [-0.39, 0.29) is 0 Å². The molecule has 1 rings (SSSR count). The zero-order valence-electron chi connectivity index (χ0n) is 10.1. The van der Waals surface area contributed by atoms with E-state index in [0.717, 1.165) is 28.7 Å². The Balaban J connectivity index is 2.49. The van der Waals surface area contributed by atoms with Crippen molar-refractivity contribution in [3.63, 3.8) is 0 Å². The number of hydrogen-bond acceptors (Lipinski definition) is 1. The van der Waals surface area contributed by atoms with Crippen LogP contribution in [0.3, 0.4) is 0 Å². The lowest BCUT2D eigenvalue weighted by Gasteiger charge is -2.16. The van der Waals surface area contributed by atoms with Crippen LogP contribution >= 0.6 is 23.2 Å². The van der Waals surface area contributed by atoms with E-state index in [0.29, 0.717) is 11.8 Å². The summed E-state index contributed by atoms with van der Waals surface area (Å²) in [6.07, 6.45) is 0. The Hall–Kier alpha value is -0.240. The molecule has 0 radical (unpaired) electrons. The summed E-state index contributed by atoms with van der Waals surface area (Å²) >= 11 is 12.2. The van der Waals surface area contributed by atoms with Crippen molar-refractivity contribution in [2.45, 2.75) is 27.3 Å². The molecule has 1 atom stereocenters. The summed E-state index contributed by atoms with van der Waals surface area (Å²) in [5, 5.41) is 4.86. The van der Waals surface area contributed by atoms with Gasteiger partial charge in [-0.1, -0.05) is 50.0 Å². The van der Waals surface area contributed by atoms with E-state index in [1.165, 1.54) is 0 Å². The Morgan fingerprint density at radius 1 is 1.12 bits per heavy atom. The molecule has 1 aromatic carbocycles. The molecule has 0 saturated carbocycles. The molecule has 0 aliphatic carbocycles. The molecule has 1 N–H and O–H groups in total. The van der Waals surface area contributed by atoms with Gasteiger partial charge in [-0.2, -0.15) is 0 Å². The third-order valence-corrected chi connectivity index (χ3v) is 3.68. The normalized spacial score (nSPS) is 13.1. The van der Waals surface area contributed by atoms with Gasteiger partial charge in [0.05, 0.1) is 0 Å². The topological polar surface area (TPSA) is 12.0 Å². The van der Waals surface area contributed by atoms with Crippen molar-refractivity contribution in [1.82, 2.24) is 5.32 Å². The summed E-state index contributed by atoms with van der Waals surface area (Å²) in [4.78, 5) is 0. The van der Waals surface area contributed by atoms with Crippen LogP contribution in [0.4, 0.5) is 0 Å². The van der Waals surface area contributed by atoms with Crippen molar-refractivity contribution < 1.29 is 0 Å². The van der Waals surface area contributed by atoms with Crippen LogP contribution in [-0.4, -0.2) is 6.54 Å². The fourth-order valence-electron chi connectivity index (χ4n) is 1.36. The van der Waals surface area contributed by atoms with E-state index in [9.17, 15) is 0 Å². The number of benzene rings is 1. The molecule has 0 aliphatic heterocycles. The SMILES string of the molecule is CC(C)C(C)CNCc1c(Cl)cccc1Cl. The second-order valence-corrected chi connectivity index (χ2v) is 5.37. The minimum Gasteiger partial charge on any atom is -0.312 e. The number of rotatable bonds is 5. The summed E-state index contributed by atoms with van der Waals surface area (Å²) in [7, 11) is 0. The molecular weight excluding hydrogens is 241 g/mol. The quantitative estimate of drug-likeness (QED) is 0.828. The van der Waals surface area contributed by atoms with E-state index in [4.69, 9.17) is 23.2 Å². The monoisotopic (exact) mass is 259 g/mol. The lowest BCUT2D eigenvalue weighted by atomic mass is 9.98. The second-order valence-electron chi connectivity index (χ2n) is 4.55. The van der Waals surface area contributed by atoms with Crippen molar-refractivity contribution in [3.05, 3.63) is 33.8 Å². The summed E-state index contributed by atoms with van der Waals surface area (Å²) < 4.78 is 0. The minimum absolute atomic E-state index is 0.654. The van der Waals surface area contributed by atoms with Crippen LogP contribution in [0.1, 0.15) is 26.3 Å². The van der Waals surface area contributed by atoms with Gasteiger partial charge >= 0.3 is 0 Å². The highest BCUT2D eigenvalue weighted by atomic mass is 35.5. The van der Waals surface area contributed by atoms with Crippen LogP contribution in [0.5, 0.6) is 0 Å². The van der Waals surface area contributed by atoms with Gasteiger partial charge in [-0.15, -0.1) is 0 Å². The van der Waals surface area contributed by atoms with Crippen LogP contribution < -0.4 is 5.32 Å². The Bertz CT molecular complexity index is 316. The highest BCUT2D eigenvalue weighted by molar-refractivity contribution is 6.35. The van der Waals surface area contributed by atoms with Crippen molar-refractivity contribution in [1.29, 1.82) is 0 Å². The Kier molecular flexibility index (Phi) is 5.60. The van der Waals surface area contributed by atoms with Crippen LogP contribution in [0.15, 0.2) is 18.2 Å². The predicted molar refractivity (Wildman–Crippen MR) is 72.2 cm³/mol. The maximum absolute atomic E-state index is 6.08. The maximum atomic E-state index is 6.08. The first-order valence-electron chi connectivity index (χ1n) is 5.66. The number of nitrogens with one attached hydrogen (secondary N) is 1. The van der Waals surface area contributed by atoms with Gasteiger partial charge in [0.15, 0.2) is 0 Å². The largest absolute Gasteiger partial charge is 0.312 e. The fraction of sp³-hybridized carbons (Fsp3) is 0.538.